The van der Waals surface area contributed by atoms with Gasteiger partial charge in [-0.15, -0.1) is 0 Å². The van der Waals surface area contributed by atoms with Crippen LogP contribution in [0.4, 0.5) is 0 Å². The van der Waals surface area contributed by atoms with E-state index in [1.165, 1.54) is 0 Å². The van der Waals surface area contributed by atoms with Crippen molar-refractivity contribution in [2.24, 2.45) is 0 Å². The molecule has 104 valence electrons. The average Bonchev–Trinajstić information content (AvgIpc) is 2.97. The van der Waals surface area contributed by atoms with Gasteiger partial charge in [-0.05, 0) is 29.8 Å². The number of rotatable bonds is 4. The number of imidazole rings is 1. The minimum Gasteiger partial charge on any atom is -0.478 e. The van der Waals surface area contributed by atoms with Gasteiger partial charge in [0.1, 0.15) is 5.82 Å². The second-order valence-corrected chi connectivity index (χ2v) is 4.62. The molecule has 1 aromatic carbocycles. The van der Waals surface area contributed by atoms with E-state index in [1.54, 1.807) is 30.7 Å². The molecule has 0 saturated heterocycles. The van der Waals surface area contributed by atoms with Crippen molar-refractivity contribution in [2.45, 2.75) is 6.54 Å². The summed E-state index contributed by atoms with van der Waals surface area (Å²) < 4.78 is 2.02. The van der Waals surface area contributed by atoms with E-state index in [9.17, 15) is 4.79 Å². The molecule has 2 heterocycles. The lowest BCUT2D eigenvalue weighted by Crippen LogP contribution is -2.02. The SMILES string of the molecule is O=C(O)c1ccc(Cn2ccnc2-c2ccncc2)cc1. The van der Waals surface area contributed by atoms with Crippen LogP contribution < -0.4 is 0 Å². The molecule has 1 N–H and O–H groups in total. The summed E-state index contributed by atoms with van der Waals surface area (Å²) in [7, 11) is 0. The van der Waals surface area contributed by atoms with Crippen molar-refractivity contribution in [1.29, 1.82) is 0 Å². The number of aromatic carboxylic acids is 1. The molecule has 3 aromatic rings. The van der Waals surface area contributed by atoms with Crippen molar-refractivity contribution in [3.8, 4) is 11.4 Å². The van der Waals surface area contributed by atoms with Gasteiger partial charge in [0.15, 0.2) is 0 Å². The smallest absolute Gasteiger partial charge is 0.335 e. The van der Waals surface area contributed by atoms with E-state index < -0.39 is 5.97 Å². The molecule has 0 aliphatic carbocycles. The molecule has 3 rings (SSSR count). The minimum atomic E-state index is -0.915. The number of pyridine rings is 1. The summed E-state index contributed by atoms with van der Waals surface area (Å²) in [6.45, 7) is 0.636. The summed E-state index contributed by atoms with van der Waals surface area (Å²) in [6.07, 6.45) is 7.12. The van der Waals surface area contributed by atoms with Crippen LogP contribution in [0.1, 0.15) is 15.9 Å². The van der Waals surface area contributed by atoms with Crippen molar-refractivity contribution in [2.75, 3.05) is 0 Å². The highest BCUT2D eigenvalue weighted by Gasteiger charge is 2.07. The molecular formula is C16H13N3O2. The molecule has 0 aliphatic rings. The van der Waals surface area contributed by atoms with Gasteiger partial charge in [0.25, 0.3) is 0 Å². The van der Waals surface area contributed by atoms with E-state index in [4.69, 9.17) is 5.11 Å². The predicted molar refractivity (Wildman–Crippen MR) is 78.0 cm³/mol. The summed E-state index contributed by atoms with van der Waals surface area (Å²) in [6, 6.07) is 10.7. The number of carboxylic acid groups (broad SMARTS) is 1. The van der Waals surface area contributed by atoms with E-state index >= 15 is 0 Å². The Kier molecular flexibility index (Phi) is 3.47. The zero-order chi connectivity index (χ0) is 14.7. The lowest BCUT2D eigenvalue weighted by atomic mass is 10.1. The molecule has 0 saturated carbocycles. The van der Waals surface area contributed by atoms with Crippen LogP contribution in [-0.2, 0) is 6.54 Å². The predicted octanol–water partition coefficient (Wildman–Crippen LogP) is 2.69. The number of aromatic nitrogens is 3. The largest absolute Gasteiger partial charge is 0.478 e. The maximum absolute atomic E-state index is 10.8. The molecule has 0 fully saturated rings. The van der Waals surface area contributed by atoms with Gasteiger partial charge in [0.05, 0.1) is 5.56 Å². The molecule has 2 aromatic heterocycles. The van der Waals surface area contributed by atoms with Crippen LogP contribution in [0.15, 0.2) is 61.2 Å². The Morgan fingerprint density at radius 1 is 1.05 bits per heavy atom. The second kappa shape index (κ2) is 5.58. The van der Waals surface area contributed by atoms with Crippen molar-refractivity contribution in [3.63, 3.8) is 0 Å². The Morgan fingerprint density at radius 2 is 1.76 bits per heavy atom. The number of nitrogens with zero attached hydrogens (tertiary/aromatic N) is 3. The maximum atomic E-state index is 10.8. The van der Waals surface area contributed by atoms with Crippen LogP contribution in [0.25, 0.3) is 11.4 Å². The van der Waals surface area contributed by atoms with E-state index in [0.717, 1.165) is 17.0 Å². The molecule has 0 amide bonds. The highest BCUT2D eigenvalue weighted by molar-refractivity contribution is 5.87. The fraction of sp³-hybridized carbons (Fsp3) is 0.0625. The monoisotopic (exact) mass is 279 g/mol. The molecule has 5 nitrogen and oxygen atoms in total. The quantitative estimate of drug-likeness (QED) is 0.797. The fourth-order valence-corrected chi connectivity index (χ4v) is 2.15. The molecule has 21 heavy (non-hydrogen) atoms. The third kappa shape index (κ3) is 2.81. The standard InChI is InChI=1S/C16H13N3O2/c20-16(21)14-3-1-12(2-4-14)11-19-10-9-18-15(19)13-5-7-17-8-6-13/h1-10H,11H2,(H,20,21). The molecule has 0 bridgehead atoms. The third-order valence-electron chi connectivity index (χ3n) is 3.21. The molecule has 5 heteroatoms. The van der Waals surface area contributed by atoms with Gasteiger partial charge in [-0.1, -0.05) is 12.1 Å². The first-order valence-corrected chi connectivity index (χ1v) is 6.48. The van der Waals surface area contributed by atoms with Crippen molar-refractivity contribution < 1.29 is 9.90 Å². The van der Waals surface area contributed by atoms with Crippen molar-refractivity contribution >= 4 is 5.97 Å². The van der Waals surface area contributed by atoms with E-state index in [-0.39, 0.29) is 0 Å². The topological polar surface area (TPSA) is 68.0 Å². The summed E-state index contributed by atoms with van der Waals surface area (Å²) in [5.41, 5.74) is 2.31. The van der Waals surface area contributed by atoms with Crippen LogP contribution in [0.2, 0.25) is 0 Å². The first kappa shape index (κ1) is 13.1. The average molecular weight is 279 g/mol. The Bertz CT molecular complexity index is 749. The number of hydrogen-bond acceptors (Lipinski definition) is 3. The fourth-order valence-electron chi connectivity index (χ4n) is 2.15. The van der Waals surface area contributed by atoms with E-state index in [0.29, 0.717) is 12.1 Å². The Hall–Kier alpha value is -2.95. The van der Waals surface area contributed by atoms with Gasteiger partial charge in [-0.25, -0.2) is 9.78 Å². The Morgan fingerprint density at radius 3 is 2.43 bits per heavy atom. The van der Waals surface area contributed by atoms with Gasteiger partial charge in [-0.2, -0.15) is 0 Å². The Labute approximate surface area is 121 Å². The van der Waals surface area contributed by atoms with E-state index in [2.05, 4.69) is 9.97 Å². The zero-order valence-corrected chi connectivity index (χ0v) is 11.2. The number of carboxylic acids is 1. The van der Waals surface area contributed by atoms with Crippen LogP contribution in [0, 0.1) is 0 Å². The lowest BCUT2D eigenvalue weighted by Gasteiger charge is -2.08. The lowest BCUT2D eigenvalue weighted by molar-refractivity contribution is 0.0697. The highest BCUT2D eigenvalue weighted by Crippen LogP contribution is 2.17. The number of hydrogen-bond donors (Lipinski definition) is 1. The van der Waals surface area contributed by atoms with Crippen LogP contribution in [-0.4, -0.2) is 25.6 Å². The van der Waals surface area contributed by atoms with Gasteiger partial charge >= 0.3 is 5.97 Å². The molecule has 0 aliphatic heterocycles. The van der Waals surface area contributed by atoms with Crippen molar-refractivity contribution in [3.05, 3.63) is 72.3 Å². The first-order valence-electron chi connectivity index (χ1n) is 6.48. The van der Waals surface area contributed by atoms with Gasteiger partial charge in [0, 0.05) is 36.9 Å². The molecule has 0 spiro atoms. The molecule has 0 atom stereocenters. The van der Waals surface area contributed by atoms with Crippen LogP contribution in [0.5, 0.6) is 0 Å². The van der Waals surface area contributed by atoms with Crippen molar-refractivity contribution in [1.82, 2.24) is 14.5 Å². The van der Waals surface area contributed by atoms with Gasteiger partial charge in [-0.3, -0.25) is 4.98 Å². The third-order valence-corrected chi connectivity index (χ3v) is 3.21. The zero-order valence-electron chi connectivity index (χ0n) is 11.2. The molecule has 0 unspecified atom stereocenters. The van der Waals surface area contributed by atoms with Crippen LogP contribution in [0.3, 0.4) is 0 Å². The summed E-state index contributed by atoms with van der Waals surface area (Å²) in [5, 5.41) is 8.90. The number of carbonyl (C=O) groups is 1. The normalized spacial score (nSPS) is 10.5. The Balaban J connectivity index is 1.86. The van der Waals surface area contributed by atoms with E-state index in [1.807, 2.05) is 35.0 Å². The second-order valence-electron chi connectivity index (χ2n) is 4.62. The first-order chi connectivity index (χ1) is 10.2. The number of benzene rings is 1. The highest BCUT2D eigenvalue weighted by atomic mass is 16.4. The molecule has 0 radical (unpaired) electrons. The summed E-state index contributed by atoms with van der Waals surface area (Å²) in [4.78, 5) is 19.2. The van der Waals surface area contributed by atoms with Gasteiger partial charge in [0.2, 0.25) is 0 Å². The summed E-state index contributed by atoms with van der Waals surface area (Å²) in [5.74, 6) is -0.0543. The maximum Gasteiger partial charge on any atom is 0.335 e. The summed E-state index contributed by atoms with van der Waals surface area (Å²) >= 11 is 0. The van der Waals surface area contributed by atoms with Crippen LogP contribution >= 0.6 is 0 Å². The minimum absolute atomic E-state index is 0.290. The van der Waals surface area contributed by atoms with Gasteiger partial charge < -0.3 is 9.67 Å². The molecular weight excluding hydrogens is 266 g/mol.